The standard InChI is InChI=1S/C17H28N2O2/c1-5-9-19(10-6-2)14-12-18-11-13-15(20-3)7-8-16(21-4)17(13)14/h7-8,14,18H,5-6,9-12H2,1-4H3/p+2/t14-/m0/s1. The lowest BCUT2D eigenvalue weighted by Gasteiger charge is -2.32. The maximum Gasteiger partial charge on any atom is 0.167 e. The van der Waals surface area contributed by atoms with Crippen LogP contribution in [-0.4, -0.2) is 33.9 Å². The molecule has 0 saturated heterocycles. The highest BCUT2D eigenvalue weighted by Gasteiger charge is 2.35. The normalized spacial score (nSPS) is 17.7. The van der Waals surface area contributed by atoms with Crippen molar-refractivity contribution in [1.82, 2.24) is 0 Å². The molecule has 3 N–H and O–H groups in total. The third-order valence-electron chi connectivity index (χ3n) is 4.45. The molecule has 0 fully saturated rings. The Morgan fingerprint density at radius 1 is 1.10 bits per heavy atom. The summed E-state index contributed by atoms with van der Waals surface area (Å²) in [5.74, 6) is 2.02. The molecule has 1 aromatic rings. The molecule has 0 unspecified atom stereocenters. The van der Waals surface area contributed by atoms with Gasteiger partial charge in [0.05, 0.1) is 38.4 Å². The summed E-state index contributed by atoms with van der Waals surface area (Å²) in [5, 5.41) is 2.40. The summed E-state index contributed by atoms with van der Waals surface area (Å²) in [7, 11) is 3.53. The minimum absolute atomic E-state index is 0.499. The Labute approximate surface area is 128 Å². The molecule has 4 nitrogen and oxygen atoms in total. The fourth-order valence-corrected chi connectivity index (χ4v) is 3.58. The molecule has 0 amide bonds. The number of nitrogens with two attached hydrogens (primary N) is 1. The van der Waals surface area contributed by atoms with E-state index in [9.17, 15) is 0 Å². The zero-order valence-electron chi connectivity index (χ0n) is 13.9. The lowest BCUT2D eigenvalue weighted by molar-refractivity contribution is -0.948. The zero-order chi connectivity index (χ0) is 15.2. The van der Waals surface area contributed by atoms with Crippen LogP contribution in [0.4, 0.5) is 0 Å². The second kappa shape index (κ2) is 7.66. The average molecular weight is 294 g/mol. The molecule has 118 valence electrons. The van der Waals surface area contributed by atoms with Crippen LogP contribution >= 0.6 is 0 Å². The number of quaternary nitrogens is 2. The van der Waals surface area contributed by atoms with Crippen LogP contribution in [0.25, 0.3) is 0 Å². The molecule has 1 atom stereocenters. The molecule has 4 heteroatoms. The van der Waals surface area contributed by atoms with Crippen LogP contribution in [0.1, 0.15) is 43.9 Å². The number of benzene rings is 1. The fourth-order valence-electron chi connectivity index (χ4n) is 3.58. The van der Waals surface area contributed by atoms with E-state index in [1.807, 2.05) is 6.07 Å². The van der Waals surface area contributed by atoms with E-state index in [0.29, 0.717) is 6.04 Å². The Morgan fingerprint density at radius 2 is 1.71 bits per heavy atom. The maximum absolute atomic E-state index is 5.67. The molecule has 0 radical (unpaired) electrons. The van der Waals surface area contributed by atoms with E-state index in [0.717, 1.165) is 24.6 Å². The van der Waals surface area contributed by atoms with Crippen molar-refractivity contribution in [3.05, 3.63) is 23.3 Å². The first-order chi connectivity index (χ1) is 10.3. The first-order valence-electron chi connectivity index (χ1n) is 8.16. The average Bonchev–Trinajstić information content (AvgIpc) is 2.53. The van der Waals surface area contributed by atoms with E-state index in [4.69, 9.17) is 9.47 Å². The van der Waals surface area contributed by atoms with Crippen molar-refractivity contribution in [3.8, 4) is 11.5 Å². The van der Waals surface area contributed by atoms with Crippen LogP contribution in [0.2, 0.25) is 0 Å². The van der Waals surface area contributed by atoms with Crippen molar-refractivity contribution in [1.29, 1.82) is 0 Å². The van der Waals surface area contributed by atoms with Crippen LogP contribution in [-0.2, 0) is 6.54 Å². The number of fused-ring (bicyclic) bond motifs is 1. The summed E-state index contributed by atoms with van der Waals surface area (Å²) in [4.78, 5) is 1.67. The van der Waals surface area contributed by atoms with Gasteiger partial charge in [0.2, 0.25) is 0 Å². The lowest BCUT2D eigenvalue weighted by Crippen LogP contribution is -3.15. The van der Waals surface area contributed by atoms with Gasteiger partial charge in [0.25, 0.3) is 0 Å². The molecule has 0 bridgehead atoms. The Kier molecular flexibility index (Phi) is 5.88. The van der Waals surface area contributed by atoms with Crippen molar-refractivity contribution in [2.24, 2.45) is 0 Å². The molecule has 1 heterocycles. The van der Waals surface area contributed by atoms with Crippen LogP contribution < -0.4 is 19.7 Å². The second-order valence-electron chi connectivity index (χ2n) is 5.80. The summed E-state index contributed by atoms with van der Waals surface area (Å²) in [6.07, 6.45) is 2.43. The number of ether oxygens (including phenoxy) is 2. The van der Waals surface area contributed by atoms with Gasteiger partial charge in [-0.3, -0.25) is 0 Å². The molecule has 1 aliphatic rings. The fraction of sp³-hybridized carbons (Fsp3) is 0.647. The summed E-state index contributed by atoms with van der Waals surface area (Å²) in [6, 6.07) is 4.59. The molecule has 0 saturated carbocycles. The van der Waals surface area contributed by atoms with Crippen molar-refractivity contribution in [2.75, 3.05) is 33.9 Å². The Hall–Kier alpha value is -1.26. The van der Waals surface area contributed by atoms with Gasteiger partial charge in [-0.1, -0.05) is 13.8 Å². The number of rotatable bonds is 7. The first-order valence-corrected chi connectivity index (χ1v) is 8.16. The quantitative estimate of drug-likeness (QED) is 0.770. The molecule has 0 aliphatic carbocycles. The van der Waals surface area contributed by atoms with Crippen molar-refractivity contribution >= 4 is 0 Å². The van der Waals surface area contributed by atoms with Gasteiger partial charge in [0.1, 0.15) is 24.6 Å². The minimum Gasteiger partial charge on any atom is -0.496 e. The van der Waals surface area contributed by atoms with Crippen molar-refractivity contribution < 1.29 is 19.7 Å². The van der Waals surface area contributed by atoms with Gasteiger partial charge in [-0.15, -0.1) is 0 Å². The topological polar surface area (TPSA) is 39.5 Å². The molecule has 2 rings (SSSR count). The molecular formula is C17H30N2O2+2. The van der Waals surface area contributed by atoms with Crippen molar-refractivity contribution in [2.45, 2.75) is 39.3 Å². The molecule has 0 spiro atoms. The number of methoxy groups -OCH3 is 2. The predicted octanol–water partition coefficient (Wildman–Crippen LogP) is 0.527. The molecule has 1 aromatic carbocycles. The lowest BCUT2D eigenvalue weighted by atomic mass is 9.93. The second-order valence-corrected chi connectivity index (χ2v) is 5.80. The van der Waals surface area contributed by atoms with Gasteiger partial charge in [0, 0.05) is 0 Å². The minimum atomic E-state index is 0.499. The van der Waals surface area contributed by atoms with E-state index in [2.05, 4.69) is 25.2 Å². The molecule has 1 aliphatic heterocycles. The Morgan fingerprint density at radius 3 is 2.29 bits per heavy atom. The third-order valence-corrected chi connectivity index (χ3v) is 4.45. The highest BCUT2D eigenvalue weighted by atomic mass is 16.5. The first kappa shape index (κ1) is 16.1. The summed E-state index contributed by atoms with van der Waals surface area (Å²) >= 11 is 0. The highest BCUT2D eigenvalue weighted by molar-refractivity contribution is 5.50. The zero-order valence-corrected chi connectivity index (χ0v) is 13.9. The number of nitrogens with one attached hydrogen (secondary N) is 1. The largest absolute Gasteiger partial charge is 0.496 e. The van der Waals surface area contributed by atoms with Gasteiger partial charge in [-0.25, -0.2) is 0 Å². The van der Waals surface area contributed by atoms with E-state index >= 15 is 0 Å². The van der Waals surface area contributed by atoms with Gasteiger partial charge in [-0.05, 0) is 25.0 Å². The van der Waals surface area contributed by atoms with Gasteiger partial charge < -0.3 is 19.7 Å². The van der Waals surface area contributed by atoms with Crippen LogP contribution in [0.3, 0.4) is 0 Å². The Balaban J connectivity index is 2.44. The smallest absolute Gasteiger partial charge is 0.167 e. The highest BCUT2D eigenvalue weighted by Crippen LogP contribution is 2.34. The maximum atomic E-state index is 5.67. The van der Waals surface area contributed by atoms with Crippen LogP contribution in [0.5, 0.6) is 11.5 Å². The van der Waals surface area contributed by atoms with E-state index < -0.39 is 0 Å². The monoisotopic (exact) mass is 294 g/mol. The number of hydrogen-bond acceptors (Lipinski definition) is 2. The van der Waals surface area contributed by atoms with Gasteiger partial charge in [0.15, 0.2) is 6.04 Å². The van der Waals surface area contributed by atoms with Crippen LogP contribution in [0.15, 0.2) is 12.1 Å². The van der Waals surface area contributed by atoms with E-state index in [-0.39, 0.29) is 0 Å². The molecular weight excluding hydrogens is 264 g/mol. The summed E-state index contributed by atoms with van der Waals surface area (Å²) < 4.78 is 11.2. The Bertz CT molecular complexity index is 456. The van der Waals surface area contributed by atoms with Gasteiger partial charge in [-0.2, -0.15) is 0 Å². The van der Waals surface area contributed by atoms with E-state index in [1.54, 1.807) is 19.1 Å². The summed E-state index contributed by atoms with van der Waals surface area (Å²) in [6.45, 7) is 9.08. The van der Waals surface area contributed by atoms with E-state index in [1.165, 1.54) is 37.1 Å². The third kappa shape index (κ3) is 3.33. The van der Waals surface area contributed by atoms with Crippen LogP contribution in [0, 0.1) is 0 Å². The summed E-state index contributed by atoms with van der Waals surface area (Å²) in [5.41, 5.74) is 2.69. The predicted molar refractivity (Wildman–Crippen MR) is 84.1 cm³/mol. The SMILES string of the molecule is CCC[NH+](CCC)[C@H]1C[NH2+]Cc2c(OC)ccc(OC)c21. The number of hydrogen-bond donors (Lipinski definition) is 2. The van der Waals surface area contributed by atoms with Gasteiger partial charge >= 0.3 is 0 Å². The molecule has 21 heavy (non-hydrogen) atoms. The molecule has 0 aromatic heterocycles. The van der Waals surface area contributed by atoms with Crippen molar-refractivity contribution in [3.63, 3.8) is 0 Å².